The largest absolute Gasteiger partial charge is 0.507 e. The fourth-order valence-corrected chi connectivity index (χ4v) is 3.34. The van der Waals surface area contributed by atoms with Crippen molar-refractivity contribution in [1.82, 2.24) is 4.90 Å². The number of ketones is 1. The van der Waals surface area contributed by atoms with Crippen LogP contribution in [0.3, 0.4) is 0 Å². The highest BCUT2D eigenvalue weighted by Crippen LogP contribution is 2.40. The Kier molecular flexibility index (Phi) is 5.93. The molecule has 0 bridgehead atoms. The molecule has 0 radical (unpaired) electrons. The summed E-state index contributed by atoms with van der Waals surface area (Å²) in [5.41, 5.74) is 0.335. The number of rotatable bonds is 7. The minimum Gasteiger partial charge on any atom is -0.507 e. The van der Waals surface area contributed by atoms with Crippen LogP contribution in [-0.2, 0) is 9.59 Å². The van der Waals surface area contributed by atoms with E-state index in [-0.39, 0.29) is 11.3 Å². The van der Waals surface area contributed by atoms with Gasteiger partial charge in [-0.25, -0.2) is 0 Å². The van der Waals surface area contributed by atoms with Crippen LogP contribution in [0.15, 0.2) is 46.6 Å². The summed E-state index contributed by atoms with van der Waals surface area (Å²) in [4.78, 5) is 28.1. The van der Waals surface area contributed by atoms with Gasteiger partial charge in [-0.1, -0.05) is 0 Å². The van der Waals surface area contributed by atoms with Gasteiger partial charge in [0.15, 0.2) is 11.5 Å². The number of benzene rings is 1. The number of amides is 1. The summed E-state index contributed by atoms with van der Waals surface area (Å²) in [7, 11) is 6.91. The van der Waals surface area contributed by atoms with Crippen LogP contribution < -0.4 is 14.4 Å². The molecule has 8 heteroatoms. The lowest BCUT2D eigenvalue weighted by Crippen LogP contribution is -3.06. The second-order valence-electron chi connectivity index (χ2n) is 7.03. The molecule has 0 aliphatic carbocycles. The van der Waals surface area contributed by atoms with E-state index in [1.165, 1.54) is 25.4 Å². The van der Waals surface area contributed by atoms with E-state index in [1.807, 2.05) is 14.1 Å². The highest BCUT2D eigenvalue weighted by atomic mass is 16.5. The fraction of sp³-hybridized carbons (Fsp3) is 0.333. The van der Waals surface area contributed by atoms with E-state index in [2.05, 4.69) is 0 Å². The van der Waals surface area contributed by atoms with Gasteiger partial charge in [0.2, 0.25) is 0 Å². The average molecular weight is 401 g/mol. The van der Waals surface area contributed by atoms with Gasteiger partial charge in [0.25, 0.3) is 11.7 Å². The van der Waals surface area contributed by atoms with Crippen LogP contribution in [0.1, 0.15) is 17.4 Å². The summed E-state index contributed by atoms with van der Waals surface area (Å²) < 4.78 is 16.0. The number of hydrogen-bond acceptors (Lipinski definition) is 6. The van der Waals surface area contributed by atoms with E-state index in [4.69, 9.17) is 13.9 Å². The molecule has 1 atom stereocenters. The number of hydrogen-bond donors (Lipinski definition) is 2. The zero-order valence-electron chi connectivity index (χ0n) is 16.9. The van der Waals surface area contributed by atoms with E-state index in [9.17, 15) is 14.7 Å². The van der Waals surface area contributed by atoms with Gasteiger partial charge < -0.3 is 28.8 Å². The summed E-state index contributed by atoms with van der Waals surface area (Å²) in [6.07, 6.45) is 1.48. The number of furan rings is 1. The van der Waals surface area contributed by atoms with Gasteiger partial charge in [0.1, 0.15) is 17.6 Å². The van der Waals surface area contributed by atoms with Crippen LogP contribution in [0.4, 0.5) is 0 Å². The highest BCUT2D eigenvalue weighted by Gasteiger charge is 2.47. The van der Waals surface area contributed by atoms with Crippen molar-refractivity contribution < 1.29 is 33.5 Å². The molecule has 1 saturated heterocycles. The Hall–Kier alpha value is -3.26. The normalized spacial score (nSPS) is 18.5. The summed E-state index contributed by atoms with van der Waals surface area (Å²) >= 11 is 0. The number of aliphatic hydroxyl groups is 1. The Morgan fingerprint density at radius 1 is 1.17 bits per heavy atom. The summed E-state index contributed by atoms with van der Waals surface area (Å²) in [5.74, 6) is -0.384. The number of likely N-dealkylation sites (tertiary alicyclic amines) is 1. The lowest BCUT2D eigenvalue weighted by atomic mass is 9.99. The molecular formula is C21H25N2O6+. The van der Waals surface area contributed by atoms with Crippen molar-refractivity contribution in [3.8, 4) is 11.5 Å². The van der Waals surface area contributed by atoms with Crippen molar-refractivity contribution in [1.29, 1.82) is 0 Å². The molecule has 0 saturated carbocycles. The number of methoxy groups -OCH3 is 2. The third-order valence-electron chi connectivity index (χ3n) is 4.86. The zero-order chi connectivity index (χ0) is 21.1. The average Bonchev–Trinajstić information content (AvgIpc) is 3.32. The Labute approximate surface area is 168 Å². The van der Waals surface area contributed by atoms with Crippen LogP contribution in [0, 0.1) is 0 Å². The van der Waals surface area contributed by atoms with Crippen molar-refractivity contribution in [3.05, 3.63) is 53.5 Å². The number of nitrogens with zero attached hydrogens (tertiary/aromatic N) is 1. The predicted octanol–water partition coefficient (Wildman–Crippen LogP) is 0.863. The topological polar surface area (TPSA) is 93.7 Å². The first kappa shape index (κ1) is 20.5. The van der Waals surface area contributed by atoms with Gasteiger partial charge in [-0.05, 0) is 30.3 Å². The molecule has 29 heavy (non-hydrogen) atoms. The summed E-state index contributed by atoms with van der Waals surface area (Å²) in [6.45, 7) is 0.988. The van der Waals surface area contributed by atoms with E-state index in [1.54, 1.807) is 30.3 Å². The van der Waals surface area contributed by atoms with E-state index in [0.717, 1.165) is 4.90 Å². The second-order valence-corrected chi connectivity index (χ2v) is 7.03. The Bertz CT molecular complexity index is 933. The number of aliphatic hydroxyl groups excluding tert-OH is 1. The third-order valence-corrected chi connectivity index (χ3v) is 4.86. The van der Waals surface area contributed by atoms with Gasteiger partial charge in [0, 0.05) is 5.56 Å². The lowest BCUT2D eigenvalue weighted by Gasteiger charge is -2.23. The number of carbonyl (C=O) groups is 2. The van der Waals surface area contributed by atoms with Crippen molar-refractivity contribution in [2.45, 2.75) is 6.04 Å². The van der Waals surface area contributed by atoms with Gasteiger partial charge in [0.05, 0.1) is 53.2 Å². The van der Waals surface area contributed by atoms with Crippen LogP contribution in [0.2, 0.25) is 0 Å². The number of carbonyl (C=O) groups excluding carboxylic acids is 2. The lowest BCUT2D eigenvalue weighted by molar-refractivity contribution is -0.857. The summed E-state index contributed by atoms with van der Waals surface area (Å²) in [6, 6.07) is 7.37. The molecule has 1 aliphatic heterocycles. The second kappa shape index (κ2) is 8.40. The quantitative estimate of drug-likeness (QED) is 0.406. The number of Topliss-reactive ketones (excluding diaryl/α,β-unsaturated/α-hetero) is 1. The molecule has 1 aromatic heterocycles. The molecule has 1 aliphatic rings. The van der Waals surface area contributed by atoms with Crippen molar-refractivity contribution in [3.63, 3.8) is 0 Å². The molecule has 1 fully saturated rings. The maximum atomic E-state index is 12.8. The Balaban J connectivity index is 2.11. The van der Waals surface area contributed by atoms with Crippen molar-refractivity contribution in [2.24, 2.45) is 0 Å². The zero-order valence-corrected chi connectivity index (χ0v) is 16.9. The molecule has 2 heterocycles. The molecular weight excluding hydrogens is 376 g/mol. The number of nitrogens with one attached hydrogen (secondary N) is 1. The predicted molar refractivity (Wildman–Crippen MR) is 105 cm³/mol. The number of quaternary nitrogens is 1. The molecule has 3 rings (SSSR count). The first-order valence-electron chi connectivity index (χ1n) is 9.22. The molecule has 154 valence electrons. The van der Waals surface area contributed by atoms with Gasteiger partial charge in [-0.2, -0.15) is 0 Å². The van der Waals surface area contributed by atoms with Crippen LogP contribution in [-0.4, -0.2) is 63.1 Å². The first-order chi connectivity index (χ1) is 13.9. The standard InChI is InChI=1S/C21H24N2O6/c1-22(2)9-10-23-18(15-6-5-11-29-15)17(20(25)21(23)26)19(24)13-7-8-14(27-3)16(12-13)28-4/h5-8,11-12,18,24H,9-10H2,1-4H3/p+1/t18-/m1/s1. The molecule has 2 N–H and O–H groups in total. The van der Waals surface area contributed by atoms with E-state index >= 15 is 0 Å². The number of likely N-dealkylation sites (N-methyl/N-ethyl adjacent to an activating group) is 1. The minimum absolute atomic E-state index is 0.00840. The van der Waals surface area contributed by atoms with Crippen LogP contribution in [0.25, 0.3) is 5.76 Å². The van der Waals surface area contributed by atoms with Crippen LogP contribution in [0.5, 0.6) is 11.5 Å². The smallest absolute Gasteiger partial charge is 0.295 e. The molecule has 0 unspecified atom stereocenters. The summed E-state index contributed by atoms with van der Waals surface area (Å²) in [5, 5.41) is 11.0. The molecule has 1 aromatic carbocycles. The Morgan fingerprint density at radius 2 is 1.90 bits per heavy atom. The SMILES string of the molecule is COc1ccc(C(O)=C2C(=O)C(=O)N(CC[NH+](C)C)[C@@H]2c2ccco2)cc1OC. The minimum atomic E-state index is -0.794. The fourth-order valence-electron chi connectivity index (χ4n) is 3.34. The van der Waals surface area contributed by atoms with E-state index < -0.39 is 17.7 Å². The molecule has 0 spiro atoms. The highest BCUT2D eigenvalue weighted by molar-refractivity contribution is 6.46. The molecule has 1 amide bonds. The van der Waals surface area contributed by atoms with Crippen molar-refractivity contribution >= 4 is 17.4 Å². The van der Waals surface area contributed by atoms with E-state index in [0.29, 0.717) is 35.9 Å². The Morgan fingerprint density at radius 3 is 2.48 bits per heavy atom. The third kappa shape index (κ3) is 3.84. The molecule has 2 aromatic rings. The van der Waals surface area contributed by atoms with Crippen LogP contribution >= 0.6 is 0 Å². The van der Waals surface area contributed by atoms with Crippen molar-refractivity contribution in [2.75, 3.05) is 41.4 Å². The molecule has 8 nitrogen and oxygen atoms in total. The maximum absolute atomic E-state index is 12.8. The first-order valence-corrected chi connectivity index (χ1v) is 9.22. The van der Waals surface area contributed by atoms with Gasteiger partial charge in [-0.15, -0.1) is 0 Å². The number of ether oxygens (including phenoxy) is 2. The monoisotopic (exact) mass is 401 g/mol. The maximum Gasteiger partial charge on any atom is 0.295 e. The van der Waals surface area contributed by atoms with Gasteiger partial charge in [-0.3, -0.25) is 9.59 Å². The van der Waals surface area contributed by atoms with Gasteiger partial charge >= 0.3 is 0 Å².